The van der Waals surface area contributed by atoms with Crippen LogP contribution in [0.2, 0.25) is 15.1 Å². The Morgan fingerprint density at radius 3 is 0.860 bits per heavy atom. The number of Topliss-reactive ketones (excluding diaryl/α,β-unsaturated/α-hetero) is 1. The van der Waals surface area contributed by atoms with Crippen molar-refractivity contribution in [2.24, 2.45) is 5.73 Å². The highest BCUT2D eigenvalue weighted by Gasteiger charge is 2.41. The Balaban J connectivity index is 0.000000163. The van der Waals surface area contributed by atoms with Gasteiger partial charge in [-0.2, -0.15) is 0 Å². The number of ketones is 1. The van der Waals surface area contributed by atoms with Crippen LogP contribution >= 0.6 is 34.8 Å². The Morgan fingerprint density at radius 2 is 0.607 bits per heavy atom. The summed E-state index contributed by atoms with van der Waals surface area (Å²) in [5.41, 5.74) is 12.4. The molecule has 4 bridgehead atoms. The van der Waals surface area contributed by atoms with Crippen LogP contribution in [0, 0.1) is 0 Å². The lowest BCUT2D eigenvalue weighted by Gasteiger charge is -2.48. The third kappa shape index (κ3) is 22.1. The quantitative estimate of drug-likeness (QED) is 0.0387. The minimum atomic E-state index is -1.14. The number of nitrogens with one attached hydrogen (secondary N) is 1. The molecule has 6 aliphatic heterocycles. The Morgan fingerprint density at radius 1 is 0.364 bits per heavy atom. The van der Waals surface area contributed by atoms with E-state index in [0.29, 0.717) is 53.1 Å². The van der Waals surface area contributed by atoms with E-state index in [0.717, 1.165) is 107 Å². The van der Waals surface area contributed by atoms with Crippen molar-refractivity contribution in [2.75, 3.05) is 81.9 Å². The van der Waals surface area contributed by atoms with Crippen LogP contribution in [0.1, 0.15) is 110 Å². The number of methoxy groups -OCH3 is 6. The minimum Gasteiger partial charge on any atom is -0.497 e. The van der Waals surface area contributed by atoms with E-state index < -0.39 is 5.97 Å². The van der Waals surface area contributed by atoms with E-state index in [9.17, 15) is 19.5 Å². The van der Waals surface area contributed by atoms with Gasteiger partial charge in [-0.25, -0.2) is 4.79 Å². The van der Waals surface area contributed by atoms with Gasteiger partial charge in [0.05, 0.1) is 63.8 Å². The smallest absolute Gasteiger partial charge is 0.337 e. The zero-order valence-corrected chi connectivity index (χ0v) is 63.5. The van der Waals surface area contributed by atoms with E-state index in [-0.39, 0.29) is 75.6 Å². The number of amides is 1. The summed E-state index contributed by atoms with van der Waals surface area (Å²) in [6.45, 7) is 9.85. The molecule has 1 amide bonds. The highest BCUT2D eigenvalue weighted by Crippen LogP contribution is 2.43. The zero-order valence-electron chi connectivity index (χ0n) is 61.2. The molecule has 15 rings (SSSR count). The molecule has 23 heteroatoms. The Labute approximate surface area is 640 Å². The number of piperidine rings is 6. The lowest BCUT2D eigenvalue weighted by molar-refractivity contribution is 0.0515. The van der Waals surface area contributed by atoms with E-state index in [1.165, 1.54) is 51.9 Å². The molecule has 564 valence electrons. The van der Waals surface area contributed by atoms with Crippen LogP contribution in [-0.2, 0) is 39.6 Å². The minimum absolute atomic E-state index is 0.0109. The monoisotopic (exact) mass is 1520 g/mol. The molecule has 107 heavy (non-hydrogen) atoms. The van der Waals surface area contributed by atoms with Gasteiger partial charge >= 0.3 is 5.97 Å². The molecule has 9 aromatic rings. The first-order valence-electron chi connectivity index (χ1n) is 35.1. The first kappa shape index (κ1) is 79.5. The van der Waals surface area contributed by atoms with Crippen molar-refractivity contribution >= 4 is 52.5 Å². The first-order chi connectivity index (χ1) is 51.8. The summed E-state index contributed by atoms with van der Waals surface area (Å²) in [4.78, 5) is 41.8. The van der Waals surface area contributed by atoms with Gasteiger partial charge in [-0.05, 0) is 208 Å². The normalized spacial score (nSPS) is 17.1. The van der Waals surface area contributed by atoms with Gasteiger partial charge < -0.3 is 82.8 Å². The largest absolute Gasteiger partial charge is 0.497 e. The lowest BCUT2D eigenvalue weighted by Crippen LogP contribution is -2.61. The second-order valence-corrected chi connectivity index (χ2v) is 27.4. The summed E-state index contributed by atoms with van der Waals surface area (Å²) in [5.74, 6) is 5.26. The van der Waals surface area contributed by atoms with E-state index >= 15 is 0 Å². The fourth-order valence-electron chi connectivity index (χ4n) is 12.4. The van der Waals surface area contributed by atoms with Gasteiger partial charge in [-0.15, -0.1) is 0 Å². The van der Waals surface area contributed by atoms with Gasteiger partial charge in [0.15, 0.2) is 40.3 Å². The van der Waals surface area contributed by atoms with Gasteiger partial charge in [-0.1, -0.05) is 108 Å². The lowest BCUT2D eigenvalue weighted by atomic mass is 9.80. The highest BCUT2D eigenvalue weighted by atomic mass is 35.5. The van der Waals surface area contributed by atoms with Crippen LogP contribution in [-0.4, -0.2) is 126 Å². The van der Waals surface area contributed by atoms with Crippen molar-refractivity contribution in [3.8, 4) is 69.0 Å². The van der Waals surface area contributed by atoms with Crippen LogP contribution in [0.15, 0.2) is 182 Å². The molecule has 0 atom stereocenters. The number of benzene rings is 9. The second kappa shape index (κ2) is 38.5. The van der Waals surface area contributed by atoms with E-state index in [4.69, 9.17) is 97.4 Å². The number of carbonyl (C=O) groups excluding carboxylic acids is 2. The van der Waals surface area contributed by atoms with Crippen LogP contribution in [0.4, 0.5) is 0 Å². The molecule has 0 radical (unpaired) electrons. The Kier molecular flexibility index (Phi) is 28.6. The molecular weight excluding hydrogens is 1430 g/mol. The molecule has 6 saturated heterocycles. The molecule has 6 aliphatic rings. The zero-order chi connectivity index (χ0) is 75.9. The van der Waals surface area contributed by atoms with Crippen LogP contribution in [0.3, 0.4) is 0 Å². The van der Waals surface area contributed by atoms with E-state index in [2.05, 4.69) is 15.1 Å². The fourth-order valence-corrected chi connectivity index (χ4v) is 13.4. The highest BCUT2D eigenvalue weighted by molar-refractivity contribution is 6.36. The molecule has 20 nitrogen and oxygen atoms in total. The number of carbonyl (C=O) groups is 3. The summed E-state index contributed by atoms with van der Waals surface area (Å²) in [6, 6.07) is 54.9. The molecule has 9 aromatic carbocycles. The number of nitrogens with two attached hydrogens (primary N) is 1. The molecule has 0 saturated carbocycles. The average molecular weight is 1520 g/mol. The molecule has 4 N–H and O–H groups in total. The van der Waals surface area contributed by atoms with Crippen LogP contribution < -0.4 is 67.9 Å². The Bertz CT molecular complexity index is 4190. The van der Waals surface area contributed by atoms with Gasteiger partial charge in [0.1, 0.15) is 79.2 Å². The molecule has 0 aromatic heterocycles. The topological polar surface area (TPSA) is 227 Å². The van der Waals surface area contributed by atoms with Gasteiger partial charge in [0.25, 0.3) is 5.91 Å². The van der Waals surface area contributed by atoms with Crippen molar-refractivity contribution in [1.29, 1.82) is 0 Å². The van der Waals surface area contributed by atoms with E-state index in [1.807, 2.05) is 146 Å². The van der Waals surface area contributed by atoms with Crippen molar-refractivity contribution in [3.05, 3.63) is 247 Å². The summed E-state index contributed by atoms with van der Waals surface area (Å²) < 4.78 is 67.1. The van der Waals surface area contributed by atoms with E-state index in [1.54, 1.807) is 73.0 Å². The number of hydrogen-bond acceptors (Lipinski definition) is 18. The molecule has 0 aliphatic carbocycles. The number of fused-ring (bicyclic) bond motifs is 6. The molecule has 6 fully saturated rings. The van der Waals surface area contributed by atoms with Gasteiger partial charge in [0.2, 0.25) is 0 Å². The molecule has 6 heterocycles. The number of carboxylic acids is 1. The van der Waals surface area contributed by atoms with Gasteiger partial charge in [0, 0.05) is 36.3 Å². The number of rotatable bonds is 28. The summed E-state index contributed by atoms with van der Waals surface area (Å²) >= 11 is 19.7. The molecule has 0 spiro atoms. The van der Waals surface area contributed by atoms with Crippen LogP contribution in [0.25, 0.3) is 0 Å². The summed E-state index contributed by atoms with van der Waals surface area (Å²) in [7, 11) is 9.69. The summed E-state index contributed by atoms with van der Waals surface area (Å²) in [6.07, 6.45) is 6.56. The fraction of sp³-hybridized carbons (Fsp3) is 0.321. The van der Waals surface area contributed by atoms with Crippen LogP contribution in [0.5, 0.6) is 69.0 Å². The van der Waals surface area contributed by atoms with Crippen molar-refractivity contribution in [2.45, 2.75) is 96.2 Å². The number of ether oxygens (including phenoxy) is 12. The number of halogens is 3. The van der Waals surface area contributed by atoms with Crippen molar-refractivity contribution in [1.82, 2.24) is 15.1 Å². The third-order valence-electron chi connectivity index (χ3n) is 19.2. The van der Waals surface area contributed by atoms with Gasteiger partial charge in [-0.3, -0.25) is 9.59 Å². The predicted molar refractivity (Wildman–Crippen MR) is 413 cm³/mol. The molecular formula is C84H91Cl3N4O16. The maximum Gasteiger partial charge on any atom is 0.337 e. The SMILES string of the molecule is COc1ccc(COc2ccc(C(=O)NC34CCN(CC3)CC4)c(Cl)c2OCc2ccc(OC)cc2)cc1.COc1ccc(COc2ccc(C(=O)O)c(Cl)c2OCc2ccc(OC)cc2)cc1.COc1ccc(COc2ccc(C(C)=O)c(Cl)c2OCc2ccc(OC)cc2)cc1.NC12CCN(CC1)CC2. The summed E-state index contributed by atoms with van der Waals surface area (Å²) in [5, 5.41) is 13.2. The standard InChI is InChI=1S/C30H33ClN2O5.C24H23ClO5.C23H21ClO6.C7H14N2/c1-35-23-7-3-21(4-8-23)19-37-26-12-11-25(29(34)32-30-13-16-33(17-14-30)18-15-30)27(31)28(26)38-20-22-5-9-24(36-2)10-6-22;1-16(26)21-12-13-22(29-14-17-4-8-19(27-2)9-5-17)24(23(21)25)30-15-18-6-10-20(28-3)11-7-18;1-27-17-7-3-15(4-8-17)13-29-20-12-11-19(23(25)26)21(24)22(20)30-14-16-5-9-18(28-2)10-6-16;8-7-1-4-9(5-2-7)6-3-7/h3-12H,13-20H2,1-2H3,(H,32,34);4-13H,14-15H2,1-3H3;3-12H,13-14H2,1-2H3,(H,25,26);1-6,8H2. The molecule has 0 unspecified atom stereocenters. The Hall–Kier alpha value is -10.1. The maximum absolute atomic E-state index is 13.4. The maximum atomic E-state index is 13.4. The number of nitrogens with zero attached hydrogens (tertiary/aromatic N) is 2. The van der Waals surface area contributed by atoms with Crippen molar-refractivity contribution < 1.29 is 76.3 Å². The average Bonchev–Trinajstić information content (AvgIpc) is 0.789. The van der Waals surface area contributed by atoms with Crippen molar-refractivity contribution in [3.63, 3.8) is 0 Å². The first-order valence-corrected chi connectivity index (χ1v) is 36.3. The number of aromatic carboxylic acids is 1. The number of hydrogen-bond donors (Lipinski definition) is 3. The third-order valence-corrected chi connectivity index (χ3v) is 20.3. The number of carboxylic acid groups (broad SMARTS) is 1. The predicted octanol–water partition coefficient (Wildman–Crippen LogP) is 16.6. The second-order valence-electron chi connectivity index (χ2n) is 26.2.